The molecule has 3 amide bonds. The largest absolute Gasteiger partial charge is 0.492 e. The van der Waals surface area contributed by atoms with Crippen molar-refractivity contribution in [2.75, 3.05) is 33.3 Å². The number of nitrogens with one attached hydrogen (secondary N) is 3. The minimum atomic E-state index is -1.49. The zero-order chi connectivity index (χ0) is 30.0. The molecule has 4 rings (SSSR count). The summed E-state index contributed by atoms with van der Waals surface area (Å²) in [5.41, 5.74) is 0.655. The number of carbonyl (C=O) groups is 3. The molecule has 1 heterocycles. The fraction of sp³-hybridized carbons (Fsp3) is 0.516. The second kappa shape index (κ2) is 14.9. The molecule has 4 N–H and O–H groups in total. The summed E-state index contributed by atoms with van der Waals surface area (Å²) in [5.74, 6) is -0.334. The summed E-state index contributed by atoms with van der Waals surface area (Å²) in [6.07, 6.45) is 3.33. The number of rotatable bonds is 2. The maximum Gasteiger partial charge on any atom is 0.246 e. The first kappa shape index (κ1) is 32.0. The highest BCUT2D eigenvalue weighted by Crippen LogP contribution is 2.34. The number of nitrogens with zero attached hydrogens (tertiary/aromatic N) is 1. The summed E-state index contributed by atoms with van der Waals surface area (Å²) in [4.78, 5) is 39.7. The van der Waals surface area contributed by atoms with Gasteiger partial charge in [-0.3, -0.25) is 14.4 Å². The minimum absolute atomic E-state index is 0.171. The highest BCUT2D eigenvalue weighted by atomic mass is 19.1. The number of amides is 3. The lowest BCUT2D eigenvalue weighted by molar-refractivity contribution is -0.149. The van der Waals surface area contributed by atoms with Crippen LogP contribution in [0.3, 0.4) is 0 Å². The second-order valence-electron chi connectivity index (χ2n) is 11.2. The van der Waals surface area contributed by atoms with Gasteiger partial charge in [-0.2, -0.15) is 0 Å². The van der Waals surface area contributed by atoms with Crippen molar-refractivity contribution in [3.63, 3.8) is 0 Å². The Kier molecular flexibility index (Phi) is 11.7. The van der Waals surface area contributed by atoms with Gasteiger partial charge in [0.25, 0.3) is 0 Å². The highest BCUT2D eigenvalue weighted by molar-refractivity contribution is 5.92. The molecule has 224 valence electrons. The van der Waals surface area contributed by atoms with Crippen molar-refractivity contribution in [3.8, 4) is 5.75 Å². The number of benzene rings is 2. The van der Waals surface area contributed by atoms with Crippen molar-refractivity contribution < 1.29 is 28.6 Å². The van der Waals surface area contributed by atoms with E-state index in [0.29, 0.717) is 19.7 Å². The van der Waals surface area contributed by atoms with Gasteiger partial charge in [0.2, 0.25) is 17.7 Å². The van der Waals surface area contributed by atoms with Crippen LogP contribution in [0.4, 0.5) is 4.39 Å². The van der Waals surface area contributed by atoms with E-state index in [1.165, 1.54) is 37.9 Å². The number of para-hydroxylation sites is 1. The first-order valence-electron chi connectivity index (χ1n) is 14.2. The lowest BCUT2D eigenvalue weighted by Gasteiger charge is -2.37. The monoisotopic (exact) mass is 570 g/mol. The molecule has 0 aromatic heterocycles. The third-order valence-corrected chi connectivity index (χ3v) is 7.09. The number of aliphatic hydroxyl groups is 1. The Labute approximate surface area is 241 Å². The molecule has 9 nitrogen and oxygen atoms in total. The summed E-state index contributed by atoms with van der Waals surface area (Å²) in [7, 11) is 1.52. The number of likely N-dealkylation sites (N-methyl/N-ethyl adjacent to an activating group) is 1. The zero-order valence-corrected chi connectivity index (χ0v) is 24.4. The second-order valence-corrected chi connectivity index (χ2v) is 11.2. The number of ether oxygens (including phenoxy) is 1. The SMILES string of the molecule is CN1C(=O)C(C2CC2)NCCOc2ccccc2CCCNC(=O)CNC(=O)C1C(C)(C)O.Cc1ccc(F)cc1. The fourth-order valence-corrected chi connectivity index (χ4v) is 4.80. The van der Waals surface area contributed by atoms with Crippen LogP contribution in [-0.4, -0.2) is 78.7 Å². The van der Waals surface area contributed by atoms with Crippen LogP contribution in [0.25, 0.3) is 0 Å². The van der Waals surface area contributed by atoms with E-state index in [2.05, 4.69) is 16.0 Å². The van der Waals surface area contributed by atoms with Gasteiger partial charge in [-0.1, -0.05) is 35.9 Å². The van der Waals surface area contributed by atoms with E-state index in [1.54, 1.807) is 12.1 Å². The van der Waals surface area contributed by atoms with Crippen molar-refractivity contribution in [1.82, 2.24) is 20.9 Å². The van der Waals surface area contributed by atoms with Gasteiger partial charge in [0.05, 0.1) is 18.2 Å². The summed E-state index contributed by atoms with van der Waals surface area (Å²) < 4.78 is 18.1. The van der Waals surface area contributed by atoms with Gasteiger partial charge in [-0.25, -0.2) is 4.39 Å². The van der Waals surface area contributed by atoms with E-state index in [1.807, 2.05) is 31.2 Å². The average Bonchev–Trinajstić information content (AvgIpc) is 3.76. The first-order valence-corrected chi connectivity index (χ1v) is 14.2. The van der Waals surface area contributed by atoms with Gasteiger partial charge in [-0.15, -0.1) is 0 Å². The Morgan fingerprint density at radius 2 is 1.68 bits per heavy atom. The fourth-order valence-electron chi connectivity index (χ4n) is 4.80. The molecule has 0 saturated heterocycles. The molecular formula is C31H43FN4O5. The maximum absolute atomic E-state index is 13.3. The van der Waals surface area contributed by atoms with Crippen molar-refractivity contribution in [1.29, 1.82) is 0 Å². The molecule has 1 saturated carbocycles. The molecule has 10 heteroatoms. The van der Waals surface area contributed by atoms with Crippen LogP contribution in [0.15, 0.2) is 48.5 Å². The van der Waals surface area contributed by atoms with Gasteiger partial charge in [0.1, 0.15) is 24.2 Å². The Bertz CT molecular complexity index is 1140. The molecule has 1 fully saturated rings. The molecule has 0 radical (unpaired) electrons. The van der Waals surface area contributed by atoms with Crippen LogP contribution >= 0.6 is 0 Å². The van der Waals surface area contributed by atoms with Crippen LogP contribution in [0.5, 0.6) is 5.75 Å². The van der Waals surface area contributed by atoms with E-state index in [9.17, 15) is 23.9 Å². The number of carbonyl (C=O) groups excluding carboxylic acids is 3. The van der Waals surface area contributed by atoms with Crippen molar-refractivity contribution in [2.24, 2.45) is 5.92 Å². The molecular weight excluding hydrogens is 527 g/mol. The van der Waals surface area contributed by atoms with E-state index in [0.717, 1.165) is 42.6 Å². The van der Waals surface area contributed by atoms with Crippen LogP contribution < -0.4 is 20.7 Å². The molecule has 2 atom stereocenters. The van der Waals surface area contributed by atoms with Crippen molar-refractivity contribution in [3.05, 3.63) is 65.5 Å². The molecule has 2 aromatic rings. The van der Waals surface area contributed by atoms with Crippen LogP contribution in [0.2, 0.25) is 0 Å². The normalized spacial score (nSPS) is 21.6. The van der Waals surface area contributed by atoms with Crippen molar-refractivity contribution >= 4 is 17.7 Å². The Balaban J connectivity index is 0.000000496. The van der Waals surface area contributed by atoms with E-state index < -0.39 is 23.6 Å². The quantitative estimate of drug-likeness (QED) is 0.440. The lowest BCUT2D eigenvalue weighted by atomic mass is 9.95. The van der Waals surface area contributed by atoms with E-state index in [-0.39, 0.29) is 30.1 Å². The number of aryl methyl sites for hydroxylation is 2. The number of fused-ring (bicyclic) bond motifs is 1. The number of hydrogen-bond donors (Lipinski definition) is 4. The molecule has 1 aliphatic heterocycles. The van der Waals surface area contributed by atoms with E-state index in [4.69, 9.17) is 4.74 Å². The topological polar surface area (TPSA) is 120 Å². The van der Waals surface area contributed by atoms with Gasteiger partial charge in [0.15, 0.2) is 0 Å². The Morgan fingerprint density at radius 3 is 2.32 bits per heavy atom. The third kappa shape index (κ3) is 10.1. The first-order chi connectivity index (χ1) is 19.5. The molecule has 0 spiro atoms. The standard InChI is InChI=1S/C24H36N4O5.C7H7F/c1-24(2,32)21-22(30)27-15-19(29)25-12-6-8-16-7-4-5-9-18(16)33-14-13-26-20(17-10-11-17)23(31)28(21)3;1-6-2-4-7(8)5-3-6/h4-5,7,9,17,20-21,26,32H,6,8,10-15H2,1-3H3,(H,25,29)(H,27,30);2-5H,1H3. The smallest absolute Gasteiger partial charge is 0.246 e. The highest BCUT2D eigenvalue weighted by Gasteiger charge is 2.44. The van der Waals surface area contributed by atoms with Crippen LogP contribution in [-0.2, 0) is 20.8 Å². The number of hydrogen-bond acceptors (Lipinski definition) is 6. The molecule has 2 unspecified atom stereocenters. The summed E-state index contributed by atoms with van der Waals surface area (Å²) in [6, 6.07) is 12.6. The molecule has 41 heavy (non-hydrogen) atoms. The minimum Gasteiger partial charge on any atom is -0.492 e. The van der Waals surface area contributed by atoms with Gasteiger partial charge >= 0.3 is 0 Å². The van der Waals surface area contributed by atoms with Gasteiger partial charge < -0.3 is 30.7 Å². The lowest BCUT2D eigenvalue weighted by Crippen LogP contribution is -2.62. The van der Waals surface area contributed by atoms with E-state index >= 15 is 0 Å². The molecule has 2 aliphatic rings. The summed E-state index contributed by atoms with van der Waals surface area (Å²) in [6.45, 7) is 6.00. The summed E-state index contributed by atoms with van der Waals surface area (Å²) in [5, 5.41) is 19.3. The molecule has 1 aliphatic carbocycles. The predicted octanol–water partition coefficient (Wildman–Crippen LogP) is 2.34. The van der Waals surface area contributed by atoms with Crippen LogP contribution in [0, 0.1) is 18.7 Å². The van der Waals surface area contributed by atoms with Gasteiger partial charge in [-0.05, 0) is 76.1 Å². The maximum atomic E-state index is 13.3. The number of halogens is 1. The zero-order valence-electron chi connectivity index (χ0n) is 24.4. The van der Waals surface area contributed by atoms with Gasteiger partial charge in [0, 0.05) is 20.1 Å². The molecule has 2 aromatic carbocycles. The summed E-state index contributed by atoms with van der Waals surface area (Å²) >= 11 is 0. The Morgan fingerprint density at radius 1 is 1.00 bits per heavy atom. The molecule has 0 bridgehead atoms. The van der Waals surface area contributed by atoms with Crippen molar-refractivity contribution in [2.45, 2.75) is 64.1 Å². The van der Waals surface area contributed by atoms with Crippen LogP contribution in [0.1, 0.15) is 44.2 Å². The average molecular weight is 571 g/mol. The third-order valence-electron chi connectivity index (χ3n) is 7.09. The Hall–Kier alpha value is -3.50. The predicted molar refractivity (Wildman–Crippen MR) is 155 cm³/mol.